The smallest absolute Gasteiger partial charge is 0.219 e. The van der Waals surface area contributed by atoms with Gasteiger partial charge in [0.05, 0.1) is 0 Å². The second-order valence-electron chi connectivity index (χ2n) is 3.30. The van der Waals surface area contributed by atoms with Crippen LogP contribution in [-0.4, -0.2) is 32.7 Å². The minimum Gasteiger partial charge on any atom is -0.385 e. The van der Waals surface area contributed by atoms with E-state index in [0.29, 0.717) is 19.6 Å². The van der Waals surface area contributed by atoms with Crippen molar-refractivity contribution in [2.75, 3.05) is 26.8 Å². The summed E-state index contributed by atoms with van der Waals surface area (Å²) < 4.78 is 4.87. The Bertz CT molecular complexity index is 126. The Hall–Kier alpha value is -0.610. The fourth-order valence-corrected chi connectivity index (χ4v) is 1.14. The fraction of sp³-hybridized carbons (Fsp3) is 0.900. The van der Waals surface area contributed by atoms with E-state index in [1.807, 2.05) is 0 Å². The van der Waals surface area contributed by atoms with Crippen molar-refractivity contribution in [1.82, 2.24) is 5.32 Å². The Morgan fingerprint density at radius 2 is 2.07 bits per heavy atom. The van der Waals surface area contributed by atoms with Gasteiger partial charge >= 0.3 is 0 Å². The third-order valence-electron chi connectivity index (χ3n) is 1.96. The first-order valence-electron chi connectivity index (χ1n) is 5.27. The first-order chi connectivity index (χ1) is 6.81. The molecule has 0 aliphatic carbocycles. The van der Waals surface area contributed by atoms with Gasteiger partial charge < -0.3 is 15.8 Å². The van der Waals surface area contributed by atoms with Gasteiger partial charge in [-0.2, -0.15) is 0 Å². The van der Waals surface area contributed by atoms with E-state index < -0.39 is 0 Å². The van der Waals surface area contributed by atoms with Crippen LogP contribution in [0.4, 0.5) is 0 Å². The molecule has 0 spiro atoms. The molecule has 0 unspecified atom stereocenters. The number of rotatable bonds is 9. The summed E-state index contributed by atoms with van der Waals surface area (Å²) in [4.78, 5) is 11.2. The minimum absolute atomic E-state index is 0.137. The summed E-state index contributed by atoms with van der Waals surface area (Å²) in [5, 5.41) is 2.84. The maximum absolute atomic E-state index is 11.2. The van der Waals surface area contributed by atoms with Crippen molar-refractivity contribution in [3.05, 3.63) is 0 Å². The summed E-state index contributed by atoms with van der Waals surface area (Å²) in [5.74, 6) is 0.137. The van der Waals surface area contributed by atoms with Crippen LogP contribution in [0.15, 0.2) is 0 Å². The lowest BCUT2D eigenvalue weighted by molar-refractivity contribution is -0.121. The van der Waals surface area contributed by atoms with Crippen molar-refractivity contribution in [1.29, 1.82) is 0 Å². The molecule has 0 radical (unpaired) electrons. The summed E-state index contributed by atoms with van der Waals surface area (Å²) in [6.45, 7) is 2.13. The van der Waals surface area contributed by atoms with E-state index in [1.165, 1.54) is 0 Å². The molecule has 0 heterocycles. The van der Waals surface area contributed by atoms with Gasteiger partial charge in [0, 0.05) is 26.7 Å². The minimum atomic E-state index is 0.137. The van der Waals surface area contributed by atoms with Crippen LogP contribution in [0, 0.1) is 0 Å². The molecule has 84 valence electrons. The molecule has 1 amide bonds. The highest BCUT2D eigenvalue weighted by Crippen LogP contribution is 1.97. The second-order valence-corrected chi connectivity index (χ2v) is 3.30. The molecule has 4 heteroatoms. The van der Waals surface area contributed by atoms with Gasteiger partial charge in [-0.15, -0.1) is 0 Å². The third-order valence-corrected chi connectivity index (χ3v) is 1.96. The molecule has 14 heavy (non-hydrogen) atoms. The highest BCUT2D eigenvalue weighted by molar-refractivity contribution is 5.75. The lowest BCUT2D eigenvalue weighted by atomic mass is 10.2. The van der Waals surface area contributed by atoms with Crippen LogP contribution >= 0.6 is 0 Å². The first kappa shape index (κ1) is 13.4. The quantitative estimate of drug-likeness (QED) is 0.540. The molecule has 0 aromatic carbocycles. The van der Waals surface area contributed by atoms with Crippen LogP contribution in [0.25, 0.3) is 0 Å². The van der Waals surface area contributed by atoms with Gasteiger partial charge in [-0.3, -0.25) is 4.79 Å². The first-order valence-corrected chi connectivity index (χ1v) is 5.27. The van der Waals surface area contributed by atoms with Gasteiger partial charge in [0.1, 0.15) is 0 Å². The van der Waals surface area contributed by atoms with Crippen LogP contribution in [0.2, 0.25) is 0 Å². The van der Waals surface area contributed by atoms with E-state index in [4.69, 9.17) is 10.5 Å². The van der Waals surface area contributed by atoms with Crippen LogP contribution in [0.5, 0.6) is 0 Å². The number of amides is 1. The lowest BCUT2D eigenvalue weighted by Crippen LogP contribution is -2.24. The standard InChI is InChI=1S/C10H22N2O2/c1-14-9-5-8-12-10(13)6-3-2-4-7-11/h2-9,11H2,1H3,(H,12,13). The van der Waals surface area contributed by atoms with E-state index in [9.17, 15) is 4.79 Å². The average Bonchev–Trinajstić information content (AvgIpc) is 2.19. The molecule has 0 aliphatic rings. The van der Waals surface area contributed by atoms with Crippen molar-refractivity contribution >= 4 is 5.91 Å². The Labute approximate surface area is 86.2 Å². The zero-order valence-electron chi connectivity index (χ0n) is 9.05. The highest BCUT2D eigenvalue weighted by atomic mass is 16.5. The molecule has 0 aromatic rings. The normalized spacial score (nSPS) is 10.1. The van der Waals surface area contributed by atoms with Gasteiger partial charge in [0.25, 0.3) is 0 Å². The predicted molar refractivity (Wildman–Crippen MR) is 57.0 cm³/mol. The van der Waals surface area contributed by atoms with E-state index in [-0.39, 0.29) is 5.91 Å². The molecule has 4 nitrogen and oxygen atoms in total. The maximum Gasteiger partial charge on any atom is 0.219 e. The number of methoxy groups -OCH3 is 1. The number of carbonyl (C=O) groups is 1. The highest BCUT2D eigenvalue weighted by Gasteiger charge is 1.99. The summed E-state index contributed by atoms with van der Waals surface area (Å²) >= 11 is 0. The Morgan fingerprint density at radius 1 is 1.29 bits per heavy atom. The van der Waals surface area contributed by atoms with Crippen LogP contribution in [-0.2, 0) is 9.53 Å². The number of unbranched alkanes of at least 4 members (excludes halogenated alkanes) is 2. The van der Waals surface area contributed by atoms with Gasteiger partial charge in [0.2, 0.25) is 5.91 Å². The monoisotopic (exact) mass is 202 g/mol. The summed E-state index contributed by atoms with van der Waals surface area (Å²) in [5.41, 5.74) is 5.34. The topological polar surface area (TPSA) is 64.3 Å². The predicted octanol–water partition coefficient (Wildman–Crippen LogP) is 0.658. The molecule has 3 N–H and O–H groups in total. The van der Waals surface area contributed by atoms with Crippen molar-refractivity contribution in [3.8, 4) is 0 Å². The summed E-state index contributed by atoms with van der Waals surface area (Å²) in [7, 11) is 1.66. The molecule has 0 aromatic heterocycles. The average molecular weight is 202 g/mol. The van der Waals surface area contributed by atoms with Gasteiger partial charge in [-0.05, 0) is 25.8 Å². The number of ether oxygens (including phenoxy) is 1. The van der Waals surface area contributed by atoms with Gasteiger partial charge in [0.15, 0.2) is 0 Å². The molecule has 0 fully saturated rings. The number of hydrogen-bond donors (Lipinski definition) is 2. The van der Waals surface area contributed by atoms with Gasteiger partial charge in [-0.25, -0.2) is 0 Å². The van der Waals surface area contributed by atoms with E-state index in [2.05, 4.69) is 5.32 Å². The van der Waals surface area contributed by atoms with Crippen LogP contribution < -0.4 is 11.1 Å². The zero-order valence-corrected chi connectivity index (χ0v) is 9.05. The number of carbonyl (C=O) groups excluding carboxylic acids is 1. The van der Waals surface area contributed by atoms with E-state index in [0.717, 1.165) is 32.2 Å². The van der Waals surface area contributed by atoms with Crippen molar-refractivity contribution in [2.24, 2.45) is 5.73 Å². The molecule has 0 atom stereocenters. The van der Waals surface area contributed by atoms with E-state index >= 15 is 0 Å². The largest absolute Gasteiger partial charge is 0.385 e. The number of nitrogens with one attached hydrogen (secondary N) is 1. The SMILES string of the molecule is COCCCNC(=O)CCCCCN. The maximum atomic E-state index is 11.2. The van der Waals surface area contributed by atoms with Crippen molar-refractivity contribution in [3.63, 3.8) is 0 Å². The molecular weight excluding hydrogens is 180 g/mol. The molecule has 0 saturated heterocycles. The fourth-order valence-electron chi connectivity index (χ4n) is 1.14. The summed E-state index contributed by atoms with van der Waals surface area (Å²) in [6, 6.07) is 0. The number of nitrogens with two attached hydrogens (primary N) is 1. The van der Waals surface area contributed by atoms with E-state index in [1.54, 1.807) is 7.11 Å². The molecule has 0 bridgehead atoms. The van der Waals surface area contributed by atoms with Crippen molar-refractivity contribution in [2.45, 2.75) is 32.1 Å². The zero-order chi connectivity index (χ0) is 10.6. The van der Waals surface area contributed by atoms with Crippen molar-refractivity contribution < 1.29 is 9.53 Å². The molecule has 0 aliphatic heterocycles. The number of hydrogen-bond acceptors (Lipinski definition) is 3. The van der Waals surface area contributed by atoms with Gasteiger partial charge in [-0.1, -0.05) is 6.42 Å². The third kappa shape index (κ3) is 9.48. The second kappa shape index (κ2) is 10.5. The Morgan fingerprint density at radius 3 is 2.71 bits per heavy atom. The Kier molecular flexibility index (Phi) is 10.0. The molecule has 0 rings (SSSR count). The lowest BCUT2D eigenvalue weighted by Gasteiger charge is -2.04. The summed E-state index contributed by atoms with van der Waals surface area (Å²) in [6.07, 6.45) is 4.49. The van der Waals surface area contributed by atoms with Crippen LogP contribution in [0.1, 0.15) is 32.1 Å². The molecular formula is C10H22N2O2. The van der Waals surface area contributed by atoms with Crippen LogP contribution in [0.3, 0.4) is 0 Å². The molecule has 0 saturated carbocycles. The Balaban J connectivity index is 3.11.